The van der Waals surface area contributed by atoms with Crippen LogP contribution in [0, 0.1) is 0 Å². The average molecular weight is 403 g/mol. The summed E-state index contributed by atoms with van der Waals surface area (Å²) in [6.45, 7) is 1.68. The summed E-state index contributed by atoms with van der Waals surface area (Å²) >= 11 is 4.30. The smallest absolute Gasteiger partial charge is 0.250 e. The van der Waals surface area contributed by atoms with Crippen molar-refractivity contribution in [2.45, 2.75) is 17.6 Å². The van der Waals surface area contributed by atoms with Crippen LogP contribution >= 0.6 is 27.3 Å². The van der Waals surface area contributed by atoms with Crippen molar-refractivity contribution >= 4 is 48.9 Å². The molecule has 2 N–H and O–H groups in total. The third-order valence-corrected chi connectivity index (χ3v) is 6.43. The van der Waals surface area contributed by atoms with Gasteiger partial charge in [-0.25, -0.2) is 13.1 Å². The summed E-state index contributed by atoms with van der Waals surface area (Å²) < 4.78 is 27.2. The first-order valence-corrected chi connectivity index (χ1v) is 9.64. The van der Waals surface area contributed by atoms with Crippen molar-refractivity contribution in [3.8, 4) is 0 Å². The number of rotatable bonds is 6. The van der Waals surface area contributed by atoms with Gasteiger partial charge in [0.2, 0.25) is 5.91 Å². The van der Waals surface area contributed by atoms with E-state index in [1.54, 1.807) is 12.1 Å². The van der Waals surface area contributed by atoms with Crippen LogP contribution in [0.1, 0.15) is 12.5 Å². The van der Waals surface area contributed by atoms with E-state index in [4.69, 9.17) is 0 Å². The van der Waals surface area contributed by atoms with E-state index in [2.05, 4.69) is 26.0 Å². The molecule has 0 saturated carbocycles. The Hall–Kier alpha value is -1.22. The number of aryl methyl sites for hydroxylation is 1. The van der Waals surface area contributed by atoms with Gasteiger partial charge in [0, 0.05) is 5.69 Å². The van der Waals surface area contributed by atoms with Gasteiger partial charge in [-0.2, -0.15) is 0 Å². The number of para-hydroxylation sites is 1. The summed E-state index contributed by atoms with van der Waals surface area (Å²) in [7, 11) is -3.66. The average Bonchev–Trinajstić information content (AvgIpc) is 2.93. The second-order valence-corrected chi connectivity index (χ2v) is 8.90. The molecule has 0 aliphatic heterocycles. The lowest BCUT2D eigenvalue weighted by Gasteiger charge is -2.10. The van der Waals surface area contributed by atoms with Crippen LogP contribution in [0.5, 0.6) is 0 Å². The zero-order valence-electron chi connectivity index (χ0n) is 11.8. The molecule has 118 valence electrons. The van der Waals surface area contributed by atoms with E-state index in [9.17, 15) is 13.2 Å². The molecule has 1 amide bonds. The van der Waals surface area contributed by atoms with Crippen molar-refractivity contribution in [3.63, 3.8) is 0 Å². The van der Waals surface area contributed by atoms with Crippen LogP contribution in [0.4, 0.5) is 5.69 Å². The summed E-state index contributed by atoms with van der Waals surface area (Å²) in [5, 5.41) is 2.72. The zero-order valence-corrected chi connectivity index (χ0v) is 15.0. The molecule has 0 radical (unpaired) electrons. The highest BCUT2D eigenvalue weighted by Gasteiger charge is 2.17. The first kappa shape index (κ1) is 17.1. The lowest BCUT2D eigenvalue weighted by atomic mass is 10.1. The fourth-order valence-corrected chi connectivity index (χ4v) is 4.86. The van der Waals surface area contributed by atoms with Crippen LogP contribution in [-0.2, 0) is 21.2 Å². The van der Waals surface area contributed by atoms with E-state index >= 15 is 0 Å². The Bertz CT molecular complexity index is 772. The summed E-state index contributed by atoms with van der Waals surface area (Å²) in [4.78, 5) is 11.9. The number of halogens is 1. The molecule has 0 spiro atoms. The molecular formula is C14H15BrN2O3S2. The SMILES string of the molecule is CCc1ccccc1NC(=O)CNS(=O)(=O)c1ccc(Br)s1. The standard InChI is InChI=1S/C14H15BrN2O3S2/c1-2-10-5-3-4-6-11(10)17-13(18)9-16-22(19,20)14-8-7-12(15)21-14/h3-8,16H,2,9H2,1H3,(H,17,18). The van der Waals surface area contributed by atoms with E-state index in [1.165, 1.54) is 6.07 Å². The van der Waals surface area contributed by atoms with Crippen LogP contribution in [0.25, 0.3) is 0 Å². The van der Waals surface area contributed by atoms with Crippen LogP contribution in [0.15, 0.2) is 44.4 Å². The van der Waals surface area contributed by atoms with Crippen molar-refractivity contribution in [3.05, 3.63) is 45.7 Å². The van der Waals surface area contributed by atoms with Gasteiger partial charge >= 0.3 is 0 Å². The van der Waals surface area contributed by atoms with Gasteiger partial charge in [-0.3, -0.25) is 4.79 Å². The molecule has 1 heterocycles. The minimum Gasteiger partial charge on any atom is -0.325 e. The lowest BCUT2D eigenvalue weighted by Crippen LogP contribution is -2.32. The molecule has 0 unspecified atom stereocenters. The molecule has 2 rings (SSSR count). The molecule has 0 saturated heterocycles. The third-order valence-electron chi connectivity index (χ3n) is 2.91. The highest BCUT2D eigenvalue weighted by molar-refractivity contribution is 9.11. The summed E-state index contributed by atoms with van der Waals surface area (Å²) in [5.41, 5.74) is 1.70. The van der Waals surface area contributed by atoms with Gasteiger partial charge in [0.25, 0.3) is 10.0 Å². The predicted molar refractivity (Wildman–Crippen MR) is 91.7 cm³/mol. The van der Waals surface area contributed by atoms with E-state index < -0.39 is 15.9 Å². The molecule has 1 aromatic heterocycles. The predicted octanol–water partition coefficient (Wildman–Crippen LogP) is 2.99. The number of anilines is 1. The number of nitrogens with one attached hydrogen (secondary N) is 2. The molecule has 1 aromatic carbocycles. The van der Waals surface area contributed by atoms with Gasteiger partial charge in [-0.15, -0.1) is 11.3 Å². The number of thiophene rings is 1. The van der Waals surface area contributed by atoms with Crippen LogP contribution in [0.3, 0.4) is 0 Å². The van der Waals surface area contributed by atoms with Crippen molar-refractivity contribution in [1.29, 1.82) is 0 Å². The highest BCUT2D eigenvalue weighted by Crippen LogP contribution is 2.25. The van der Waals surface area contributed by atoms with E-state index in [-0.39, 0.29) is 10.8 Å². The van der Waals surface area contributed by atoms with Crippen LogP contribution < -0.4 is 10.0 Å². The van der Waals surface area contributed by atoms with Crippen molar-refractivity contribution < 1.29 is 13.2 Å². The molecule has 0 aliphatic carbocycles. The Balaban J connectivity index is 1.98. The molecule has 0 fully saturated rings. The number of hydrogen-bond acceptors (Lipinski definition) is 4. The topological polar surface area (TPSA) is 75.3 Å². The van der Waals surface area contributed by atoms with Crippen molar-refractivity contribution in [2.75, 3.05) is 11.9 Å². The Kier molecular flexibility index (Phi) is 5.74. The van der Waals surface area contributed by atoms with Gasteiger partial charge in [0.15, 0.2) is 0 Å². The molecule has 8 heteroatoms. The lowest BCUT2D eigenvalue weighted by molar-refractivity contribution is -0.115. The second-order valence-electron chi connectivity index (χ2n) is 4.44. The van der Waals surface area contributed by atoms with Crippen molar-refractivity contribution in [1.82, 2.24) is 4.72 Å². The maximum Gasteiger partial charge on any atom is 0.250 e. The van der Waals surface area contributed by atoms with E-state index in [1.807, 2.05) is 25.1 Å². The van der Waals surface area contributed by atoms with Crippen molar-refractivity contribution in [2.24, 2.45) is 0 Å². The number of sulfonamides is 1. The van der Waals surface area contributed by atoms with Gasteiger partial charge < -0.3 is 5.32 Å². The largest absolute Gasteiger partial charge is 0.325 e. The minimum atomic E-state index is -3.66. The summed E-state index contributed by atoms with van der Waals surface area (Å²) in [6.07, 6.45) is 0.783. The molecule has 2 aromatic rings. The molecule has 22 heavy (non-hydrogen) atoms. The molecule has 5 nitrogen and oxygen atoms in total. The minimum absolute atomic E-state index is 0.168. The molecular weight excluding hydrogens is 388 g/mol. The summed E-state index contributed by atoms with van der Waals surface area (Å²) in [6, 6.07) is 10.6. The fraction of sp³-hybridized carbons (Fsp3) is 0.214. The maximum absolute atomic E-state index is 12.0. The fourth-order valence-electron chi connectivity index (χ4n) is 1.82. The Morgan fingerprint density at radius 2 is 1.95 bits per heavy atom. The zero-order chi connectivity index (χ0) is 16.2. The van der Waals surface area contributed by atoms with E-state index in [0.717, 1.165) is 23.3 Å². The normalized spacial score (nSPS) is 11.4. The third kappa shape index (κ3) is 4.39. The monoisotopic (exact) mass is 402 g/mol. The number of hydrogen-bond donors (Lipinski definition) is 2. The van der Waals surface area contributed by atoms with Gasteiger partial charge in [0.1, 0.15) is 4.21 Å². The second kappa shape index (κ2) is 7.36. The van der Waals surface area contributed by atoms with Gasteiger partial charge in [0.05, 0.1) is 10.3 Å². The quantitative estimate of drug-likeness (QED) is 0.779. The Morgan fingerprint density at radius 3 is 2.59 bits per heavy atom. The number of benzene rings is 1. The molecule has 0 aliphatic rings. The number of carbonyl (C=O) groups is 1. The van der Waals surface area contributed by atoms with Crippen LogP contribution in [0.2, 0.25) is 0 Å². The first-order chi connectivity index (χ1) is 10.4. The molecule has 0 atom stereocenters. The van der Waals surface area contributed by atoms with Gasteiger partial charge in [-0.1, -0.05) is 25.1 Å². The number of amides is 1. The maximum atomic E-state index is 12.0. The Labute approximate surface area is 141 Å². The summed E-state index contributed by atoms with van der Waals surface area (Å²) in [5.74, 6) is -0.403. The van der Waals surface area contributed by atoms with Gasteiger partial charge in [-0.05, 0) is 46.1 Å². The highest BCUT2D eigenvalue weighted by atomic mass is 79.9. The molecule has 0 bridgehead atoms. The van der Waals surface area contributed by atoms with E-state index in [0.29, 0.717) is 9.47 Å². The Morgan fingerprint density at radius 1 is 1.23 bits per heavy atom. The first-order valence-electron chi connectivity index (χ1n) is 6.55. The van der Waals surface area contributed by atoms with Crippen LogP contribution in [-0.4, -0.2) is 20.9 Å². The number of carbonyl (C=O) groups excluding carboxylic acids is 1.